The molecule has 0 aromatic heterocycles. The molecule has 1 heterocycles. The number of hydrogen-bond donors (Lipinski definition) is 2. The molecule has 31 heavy (non-hydrogen) atoms. The van der Waals surface area contributed by atoms with E-state index in [1.807, 2.05) is 67.6 Å². The minimum absolute atomic E-state index is 0.0881. The Morgan fingerprint density at radius 2 is 1.74 bits per heavy atom. The maximum atomic E-state index is 13.3. The Balaban J connectivity index is 1.97. The highest BCUT2D eigenvalue weighted by molar-refractivity contribution is 7.53. The zero-order chi connectivity index (χ0) is 22.4. The lowest BCUT2D eigenvalue weighted by molar-refractivity contribution is -0.0106. The molecule has 0 aliphatic carbocycles. The molecule has 1 amide bonds. The second-order valence-corrected chi connectivity index (χ2v) is 9.86. The molecule has 8 heteroatoms. The average molecular weight is 447 g/mol. The van der Waals surface area contributed by atoms with Crippen molar-refractivity contribution in [1.82, 2.24) is 4.90 Å². The van der Waals surface area contributed by atoms with E-state index in [0.717, 1.165) is 18.2 Å². The Hall–Kier alpha value is -2.18. The largest absolute Gasteiger partial charge is 0.445 e. The molecule has 168 valence electrons. The van der Waals surface area contributed by atoms with Crippen molar-refractivity contribution in [3.05, 3.63) is 71.8 Å². The smallest absolute Gasteiger partial charge is 0.410 e. The third-order valence-electron chi connectivity index (χ3n) is 5.77. The molecule has 3 unspecified atom stereocenters. The number of rotatable bonds is 7. The first-order chi connectivity index (χ1) is 14.9. The molecule has 3 rings (SSSR count). The summed E-state index contributed by atoms with van der Waals surface area (Å²) in [5.41, 5.74) is 0.571. The van der Waals surface area contributed by atoms with Gasteiger partial charge in [0.2, 0.25) is 0 Å². The first-order valence-electron chi connectivity index (χ1n) is 10.5. The van der Waals surface area contributed by atoms with E-state index in [1.165, 1.54) is 4.90 Å². The Labute approximate surface area is 183 Å². The van der Waals surface area contributed by atoms with Crippen LogP contribution in [0.5, 0.6) is 0 Å². The van der Waals surface area contributed by atoms with Crippen LogP contribution in [-0.2, 0) is 20.4 Å². The topological polar surface area (TPSA) is 96.3 Å². The lowest BCUT2D eigenvalue weighted by Crippen LogP contribution is -2.57. The zero-order valence-corrected chi connectivity index (χ0v) is 18.7. The molecule has 0 bridgehead atoms. The number of aliphatic hydroxyl groups excluding tert-OH is 1. The van der Waals surface area contributed by atoms with Crippen LogP contribution in [0.3, 0.4) is 0 Å². The van der Waals surface area contributed by atoms with E-state index in [0.29, 0.717) is 12.8 Å². The summed E-state index contributed by atoms with van der Waals surface area (Å²) in [7, 11) is -3.01. The van der Waals surface area contributed by atoms with Gasteiger partial charge in [0, 0.05) is 7.11 Å². The molecule has 0 spiro atoms. The van der Waals surface area contributed by atoms with Gasteiger partial charge in [-0.05, 0) is 24.0 Å². The maximum Gasteiger partial charge on any atom is 0.410 e. The van der Waals surface area contributed by atoms with E-state index in [9.17, 15) is 19.4 Å². The molecule has 1 aliphatic heterocycles. The Morgan fingerprint density at radius 3 is 2.32 bits per heavy atom. The van der Waals surface area contributed by atoms with Gasteiger partial charge < -0.3 is 19.3 Å². The first kappa shape index (κ1) is 23.5. The number of ether oxygens (including phenoxy) is 1. The van der Waals surface area contributed by atoms with Crippen molar-refractivity contribution in [1.29, 1.82) is 0 Å². The molecule has 1 saturated heterocycles. The summed E-state index contributed by atoms with van der Waals surface area (Å²) in [5.74, 6) is 0. The van der Waals surface area contributed by atoms with Crippen LogP contribution in [0.4, 0.5) is 4.79 Å². The fourth-order valence-corrected chi connectivity index (χ4v) is 5.85. The summed E-state index contributed by atoms with van der Waals surface area (Å²) in [5, 5.41) is 10.9. The van der Waals surface area contributed by atoms with Crippen molar-refractivity contribution >= 4 is 13.7 Å². The molecule has 2 aromatic carbocycles. The van der Waals surface area contributed by atoms with Crippen molar-refractivity contribution in [2.24, 2.45) is 0 Å². The molecule has 7 nitrogen and oxygen atoms in total. The van der Waals surface area contributed by atoms with Gasteiger partial charge in [-0.15, -0.1) is 0 Å². The summed E-state index contributed by atoms with van der Waals surface area (Å²) in [6.07, 6.45) is -0.482. The van der Waals surface area contributed by atoms with Crippen LogP contribution in [-0.4, -0.2) is 45.9 Å². The third kappa shape index (κ3) is 5.36. The van der Waals surface area contributed by atoms with Crippen molar-refractivity contribution in [3.8, 4) is 0 Å². The van der Waals surface area contributed by atoms with Crippen LogP contribution in [0, 0.1) is 0 Å². The monoisotopic (exact) mass is 447 g/mol. The molecule has 2 N–H and O–H groups in total. The lowest BCUT2D eigenvalue weighted by Gasteiger charge is -2.48. The number of likely N-dealkylation sites (tertiary alicyclic amines) is 1. The van der Waals surface area contributed by atoms with Gasteiger partial charge in [-0.25, -0.2) is 4.79 Å². The van der Waals surface area contributed by atoms with Gasteiger partial charge in [-0.1, -0.05) is 74.0 Å². The maximum absolute atomic E-state index is 13.3. The van der Waals surface area contributed by atoms with Gasteiger partial charge in [-0.3, -0.25) is 9.46 Å². The summed E-state index contributed by atoms with van der Waals surface area (Å²) in [6, 6.07) is 17.5. The van der Waals surface area contributed by atoms with E-state index < -0.39 is 37.5 Å². The Kier molecular flexibility index (Phi) is 7.89. The van der Waals surface area contributed by atoms with Crippen LogP contribution in [0.2, 0.25) is 0 Å². The highest BCUT2D eigenvalue weighted by atomic mass is 31.2. The predicted octanol–water partition coefficient (Wildman–Crippen LogP) is 4.50. The summed E-state index contributed by atoms with van der Waals surface area (Å²) in [4.78, 5) is 25.3. The fraction of sp³-hybridized carbons (Fsp3) is 0.435. The Bertz CT molecular complexity index is 893. The molecule has 2 aromatic rings. The van der Waals surface area contributed by atoms with Crippen LogP contribution < -0.4 is 0 Å². The van der Waals surface area contributed by atoms with Gasteiger partial charge in [0.15, 0.2) is 0 Å². The van der Waals surface area contributed by atoms with Gasteiger partial charge >= 0.3 is 13.7 Å². The van der Waals surface area contributed by atoms with Crippen molar-refractivity contribution in [3.63, 3.8) is 0 Å². The summed E-state index contributed by atoms with van der Waals surface area (Å²) in [6.45, 7) is 2.02. The van der Waals surface area contributed by atoms with Crippen molar-refractivity contribution in [2.75, 3.05) is 7.11 Å². The second kappa shape index (κ2) is 10.4. The van der Waals surface area contributed by atoms with Gasteiger partial charge in [0.05, 0.1) is 18.2 Å². The molecule has 1 aliphatic rings. The highest BCUT2D eigenvalue weighted by Gasteiger charge is 2.53. The van der Waals surface area contributed by atoms with Gasteiger partial charge in [-0.2, -0.15) is 0 Å². The van der Waals surface area contributed by atoms with Gasteiger partial charge in [0.25, 0.3) is 0 Å². The molecule has 5 atom stereocenters. The van der Waals surface area contributed by atoms with E-state index in [4.69, 9.17) is 9.26 Å². The molecule has 0 saturated carbocycles. The van der Waals surface area contributed by atoms with E-state index in [-0.39, 0.29) is 13.0 Å². The number of piperidine rings is 1. The number of benzene rings is 2. The standard InChI is InChI=1S/C23H30NO6P/c1-3-10-19-22(31(27,28)29-2)21(25)15-20(18-13-8-5-9-14-18)24(19)23(26)30-16-17-11-6-4-7-12-17/h4-9,11-14,19-22,25H,3,10,15-16H2,1-2H3,(H,27,28)/t19-,20+,21?,22?/m0/s1. The SMILES string of the molecule is CCC[C@H]1C(P(=O)(O)OC)C(O)C[C@H](c2ccccc2)N1C(=O)OCc1ccccc1. The zero-order valence-electron chi connectivity index (χ0n) is 17.8. The number of hydrogen-bond acceptors (Lipinski definition) is 5. The quantitative estimate of drug-likeness (QED) is 0.607. The van der Waals surface area contributed by atoms with Crippen LogP contribution in [0.25, 0.3) is 0 Å². The van der Waals surface area contributed by atoms with Crippen molar-refractivity contribution in [2.45, 2.75) is 56.6 Å². The number of amides is 1. The predicted molar refractivity (Wildman–Crippen MR) is 118 cm³/mol. The van der Waals surface area contributed by atoms with Crippen molar-refractivity contribution < 1.29 is 28.6 Å². The minimum Gasteiger partial charge on any atom is -0.445 e. The second-order valence-electron chi connectivity index (χ2n) is 7.77. The molecule has 0 radical (unpaired) electrons. The summed E-state index contributed by atoms with van der Waals surface area (Å²) >= 11 is 0. The molecule has 1 fully saturated rings. The van der Waals surface area contributed by atoms with E-state index >= 15 is 0 Å². The van der Waals surface area contributed by atoms with Gasteiger partial charge in [0.1, 0.15) is 12.3 Å². The number of nitrogens with zero attached hydrogens (tertiary/aromatic N) is 1. The highest BCUT2D eigenvalue weighted by Crippen LogP contribution is 2.55. The van der Waals surface area contributed by atoms with Crippen LogP contribution >= 0.6 is 7.60 Å². The van der Waals surface area contributed by atoms with E-state index in [1.54, 1.807) is 0 Å². The normalized spacial score (nSPS) is 25.6. The minimum atomic E-state index is -4.16. The summed E-state index contributed by atoms with van der Waals surface area (Å²) < 4.78 is 23.3. The van der Waals surface area contributed by atoms with E-state index in [2.05, 4.69) is 0 Å². The number of carbonyl (C=O) groups excluding carboxylic acids is 1. The van der Waals surface area contributed by atoms with Crippen LogP contribution in [0.1, 0.15) is 43.4 Å². The number of aliphatic hydroxyl groups is 1. The average Bonchev–Trinajstić information content (AvgIpc) is 2.78. The Morgan fingerprint density at radius 1 is 1.13 bits per heavy atom. The lowest BCUT2D eigenvalue weighted by atomic mass is 9.87. The third-order valence-corrected chi connectivity index (χ3v) is 7.73. The first-order valence-corrected chi connectivity index (χ1v) is 12.1. The molecular formula is C23H30NO6P. The fourth-order valence-electron chi connectivity index (χ4n) is 4.32. The molecular weight excluding hydrogens is 417 g/mol. The number of carbonyl (C=O) groups is 1. The van der Waals surface area contributed by atoms with Crippen LogP contribution in [0.15, 0.2) is 60.7 Å².